The molecule has 8 nitrogen and oxygen atoms in total. The van der Waals surface area contributed by atoms with Gasteiger partial charge < -0.3 is 14.9 Å². The third-order valence-corrected chi connectivity index (χ3v) is 5.38. The highest BCUT2D eigenvalue weighted by Crippen LogP contribution is 2.24. The van der Waals surface area contributed by atoms with Gasteiger partial charge in [-0.1, -0.05) is 0 Å². The Bertz CT molecular complexity index is 1270. The monoisotopic (exact) mass is 436 g/mol. The zero-order valence-electron chi connectivity index (χ0n) is 17.6. The molecule has 3 aromatic rings. The summed E-state index contributed by atoms with van der Waals surface area (Å²) in [6.45, 7) is 0.466. The van der Waals surface area contributed by atoms with Crippen LogP contribution in [0.2, 0.25) is 0 Å². The van der Waals surface area contributed by atoms with Crippen LogP contribution in [0.1, 0.15) is 31.8 Å². The second-order valence-electron chi connectivity index (χ2n) is 7.77. The van der Waals surface area contributed by atoms with E-state index >= 15 is 0 Å². The van der Waals surface area contributed by atoms with Gasteiger partial charge in [-0.25, -0.2) is 4.39 Å². The Kier molecular flexibility index (Phi) is 5.48. The Morgan fingerprint density at radius 2 is 1.88 bits per heavy atom. The van der Waals surface area contributed by atoms with Crippen molar-refractivity contribution in [3.05, 3.63) is 87.3 Å². The summed E-state index contributed by atoms with van der Waals surface area (Å²) < 4.78 is 14.7. The Morgan fingerprint density at radius 3 is 2.53 bits per heavy atom. The van der Waals surface area contributed by atoms with Crippen LogP contribution >= 0.6 is 0 Å². The first-order chi connectivity index (χ1) is 15.3. The summed E-state index contributed by atoms with van der Waals surface area (Å²) >= 11 is 0. The maximum absolute atomic E-state index is 13.4. The van der Waals surface area contributed by atoms with E-state index in [9.17, 15) is 23.9 Å². The third kappa shape index (κ3) is 3.84. The number of nitrogens with zero attached hydrogens (tertiary/aromatic N) is 4. The number of fused-ring (bicyclic) bond motifs is 1. The Morgan fingerprint density at radius 1 is 1.16 bits per heavy atom. The highest BCUT2D eigenvalue weighted by Gasteiger charge is 2.29. The first-order valence-electron chi connectivity index (χ1n) is 9.94. The molecule has 0 radical (unpaired) electrons. The number of rotatable bonds is 3. The molecule has 1 aliphatic rings. The van der Waals surface area contributed by atoms with Gasteiger partial charge in [-0.05, 0) is 47.9 Å². The van der Waals surface area contributed by atoms with Crippen molar-refractivity contribution in [2.24, 2.45) is 0 Å². The lowest BCUT2D eigenvalue weighted by Crippen LogP contribution is -2.41. The highest BCUT2D eigenvalue weighted by atomic mass is 19.1. The van der Waals surface area contributed by atoms with E-state index in [2.05, 4.69) is 4.98 Å². The van der Waals surface area contributed by atoms with Crippen molar-refractivity contribution in [3.8, 4) is 11.4 Å². The van der Waals surface area contributed by atoms with E-state index in [1.165, 1.54) is 52.2 Å². The van der Waals surface area contributed by atoms with E-state index in [1.54, 1.807) is 25.2 Å². The average Bonchev–Trinajstić information content (AvgIpc) is 2.78. The Labute approximate surface area is 183 Å². The molecule has 0 spiro atoms. The zero-order valence-corrected chi connectivity index (χ0v) is 17.6. The van der Waals surface area contributed by atoms with E-state index < -0.39 is 17.3 Å². The molecule has 0 atom stereocenters. The van der Waals surface area contributed by atoms with Gasteiger partial charge in [-0.3, -0.25) is 23.9 Å². The standard InChI is InChI=1S/C23H21FN4O4/c1-26(2)22(31)20-19-7-8-27(21(30)14-9-18(29)11-25-10-14)12-15(19)13-28(23(20)32)17-5-3-16(24)4-6-17/h3-6,9-11,13,29H,7-8,12H2,1-2H3. The summed E-state index contributed by atoms with van der Waals surface area (Å²) in [5, 5.41) is 9.64. The molecular formula is C23H21FN4O4. The molecule has 9 heteroatoms. The van der Waals surface area contributed by atoms with E-state index in [0.717, 1.165) is 0 Å². The number of carbonyl (C=O) groups excluding carboxylic acids is 2. The summed E-state index contributed by atoms with van der Waals surface area (Å²) in [5.74, 6) is -1.31. The predicted molar refractivity (Wildman–Crippen MR) is 114 cm³/mol. The van der Waals surface area contributed by atoms with Gasteiger partial charge in [0.1, 0.15) is 17.1 Å². The van der Waals surface area contributed by atoms with Gasteiger partial charge in [0.2, 0.25) is 0 Å². The van der Waals surface area contributed by atoms with Crippen LogP contribution in [0.15, 0.2) is 53.7 Å². The molecule has 0 saturated heterocycles. The van der Waals surface area contributed by atoms with Crippen LogP contribution in [0.4, 0.5) is 4.39 Å². The lowest BCUT2D eigenvalue weighted by atomic mass is 9.95. The van der Waals surface area contributed by atoms with E-state index in [-0.39, 0.29) is 29.3 Å². The van der Waals surface area contributed by atoms with Crippen LogP contribution in [0.25, 0.3) is 5.69 Å². The number of carbonyl (C=O) groups is 2. The molecule has 0 fully saturated rings. The fourth-order valence-corrected chi connectivity index (χ4v) is 3.79. The summed E-state index contributed by atoms with van der Waals surface area (Å²) in [4.78, 5) is 45.8. The fraction of sp³-hybridized carbons (Fsp3) is 0.217. The summed E-state index contributed by atoms with van der Waals surface area (Å²) in [6.07, 6.45) is 4.53. The number of aromatic nitrogens is 2. The largest absolute Gasteiger partial charge is 0.506 e. The number of hydrogen-bond acceptors (Lipinski definition) is 5. The van der Waals surface area contributed by atoms with E-state index in [4.69, 9.17) is 0 Å². The first kappa shape index (κ1) is 21.2. The zero-order chi connectivity index (χ0) is 23.0. The van der Waals surface area contributed by atoms with Gasteiger partial charge in [0.15, 0.2) is 0 Å². The lowest BCUT2D eigenvalue weighted by molar-refractivity contribution is 0.0732. The lowest BCUT2D eigenvalue weighted by Gasteiger charge is -2.31. The van der Waals surface area contributed by atoms with E-state index in [1.807, 2.05) is 0 Å². The molecule has 0 saturated carbocycles. The topological polar surface area (TPSA) is 95.7 Å². The first-order valence-corrected chi connectivity index (χ1v) is 9.94. The number of benzene rings is 1. The minimum absolute atomic E-state index is 0.0444. The summed E-state index contributed by atoms with van der Waals surface area (Å²) in [6, 6.07) is 6.72. The molecule has 3 heterocycles. The van der Waals surface area contributed by atoms with Crippen molar-refractivity contribution in [2.45, 2.75) is 13.0 Å². The quantitative estimate of drug-likeness (QED) is 0.677. The smallest absolute Gasteiger partial charge is 0.268 e. The number of halogens is 1. The summed E-state index contributed by atoms with van der Waals surface area (Å²) in [7, 11) is 3.13. The van der Waals surface area contributed by atoms with Crippen LogP contribution in [0.3, 0.4) is 0 Å². The van der Waals surface area contributed by atoms with Gasteiger partial charge in [0.25, 0.3) is 17.4 Å². The molecule has 0 unspecified atom stereocenters. The summed E-state index contributed by atoms with van der Waals surface area (Å²) in [5.41, 5.74) is 1.45. The van der Waals surface area contributed by atoms with E-state index in [0.29, 0.717) is 29.8 Å². The molecule has 1 N–H and O–H groups in total. The van der Waals surface area contributed by atoms with Crippen molar-refractivity contribution in [1.82, 2.24) is 19.4 Å². The normalized spacial score (nSPS) is 12.9. The van der Waals surface area contributed by atoms with Crippen LogP contribution in [0, 0.1) is 5.82 Å². The molecule has 2 amide bonds. The fourth-order valence-electron chi connectivity index (χ4n) is 3.79. The van der Waals surface area contributed by atoms with Crippen molar-refractivity contribution >= 4 is 11.8 Å². The van der Waals surface area contributed by atoms with Crippen LogP contribution < -0.4 is 5.56 Å². The maximum atomic E-state index is 13.4. The number of aromatic hydroxyl groups is 1. The number of pyridine rings is 2. The second-order valence-corrected chi connectivity index (χ2v) is 7.77. The van der Waals surface area contributed by atoms with Gasteiger partial charge in [0.05, 0.1) is 11.8 Å². The van der Waals surface area contributed by atoms with Crippen molar-refractivity contribution < 1.29 is 19.1 Å². The molecule has 32 heavy (non-hydrogen) atoms. The van der Waals surface area contributed by atoms with Gasteiger partial charge in [-0.2, -0.15) is 0 Å². The minimum atomic E-state index is -0.494. The van der Waals surface area contributed by atoms with Crippen molar-refractivity contribution in [2.75, 3.05) is 20.6 Å². The Balaban J connectivity index is 1.81. The van der Waals surface area contributed by atoms with Gasteiger partial charge in [0, 0.05) is 45.3 Å². The highest BCUT2D eigenvalue weighted by molar-refractivity contribution is 5.96. The molecular weight excluding hydrogens is 415 g/mol. The molecule has 1 aromatic carbocycles. The van der Waals surface area contributed by atoms with Crippen molar-refractivity contribution in [1.29, 1.82) is 0 Å². The third-order valence-electron chi connectivity index (χ3n) is 5.38. The predicted octanol–water partition coefficient (Wildman–Crippen LogP) is 1.98. The van der Waals surface area contributed by atoms with Crippen LogP contribution in [-0.4, -0.2) is 56.9 Å². The molecule has 0 bridgehead atoms. The molecule has 2 aromatic heterocycles. The minimum Gasteiger partial charge on any atom is -0.506 e. The average molecular weight is 436 g/mol. The molecule has 4 rings (SSSR count). The van der Waals surface area contributed by atoms with Crippen LogP contribution in [-0.2, 0) is 13.0 Å². The Hall–Kier alpha value is -4.01. The van der Waals surface area contributed by atoms with Crippen LogP contribution in [0.5, 0.6) is 5.75 Å². The number of hydrogen-bond donors (Lipinski definition) is 1. The molecule has 0 aliphatic carbocycles. The molecule has 164 valence electrons. The van der Waals surface area contributed by atoms with Crippen molar-refractivity contribution in [3.63, 3.8) is 0 Å². The number of amides is 2. The SMILES string of the molecule is CN(C)C(=O)c1c2c(cn(-c3ccc(F)cc3)c1=O)CN(C(=O)c1cncc(O)c1)CC2. The van der Waals surface area contributed by atoms with Gasteiger partial charge >= 0.3 is 0 Å². The second kappa shape index (κ2) is 8.26. The maximum Gasteiger partial charge on any atom is 0.268 e. The molecule has 1 aliphatic heterocycles. The van der Waals surface area contributed by atoms with Gasteiger partial charge in [-0.15, -0.1) is 0 Å².